The van der Waals surface area contributed by atoms with Gasteiger partial charge in [0, 0.05) is 11.5 Å². The average Bonchev–Trinajstić information content (AvgIpc) is 2.59. The molecule has 132 valence electrons. The van der Waals surface area contributed by atoms with Crippen molar-refractivity contribution in [3.63, 3.8) is 0 Å². The molecule has 0 atom stereocenters. The summed E-state index contributed by atoms with van der Waals surface area (Å²) in [6.45, 7) is 0. The van der Waals surface area contributed by atoms with Gasteiger partial charge in [-0.3, -0.25) is 14.7 Å². The number of nitro benzene ring substituents is 1. The maximum Gasteiger partial charge on any atom is 0.296 e. The Kier molecular flexibility index (Phi) is 4.36. The van der Waals surface area contributed by atoms with E-state index in [4.69, 9.17) is 0 Å². The van der Waals surface area contributed by atoms with Gasteiger partial charge in [0.2, 0.25) is 0 Å². The fourth-order valence-corrected chi connectivity index (χ4v) is 3.00. The van der Waals surface area contributed by atoms with Crippen LogP contribution in [0.25, 0.3) is 10.8 Å². The van der Waals surface area contributed by atoms with Crippen LogP contribution in [0.3, 0.4) is 0 Å². The standard InChI is InChI=1S/C16H11N3O6S/c20-14-9-11(19(21)22)6-7-13(14)17-18-16-12-4-2-1-3-10(12)5-8-15(16)26(23,24)25/h1-9,20H,(H,23,24,25). The van der Waals surface area contributed by atoms with Crippen molar-refractivity contribution in [3.8, 4) is 5.75 Å². The first-order valence-electron chi connectivity index (χ1n) is 7.16. The van der Waals surface area contributed by atoms with Crippen LogP contribution in [-0.4, -0.2) is 23.0 Å². The number of phenols is 1. The lowest BCUT2D eigenvalue weighted by Gasteiger charge is -2.06. The topological polar surface area (TPSA) is 142 Å². The lowest BCUT2D eigenvalue weighted by atomic mass is 10.1. The number of aromatic hydroxyl groups is 1. The minimum absolute atomic E-state index is 0.0928. The molecule has 9 nitrogen and oxygen atoms in total. The van der Waals surface area contributed by atoms with E-state index in [1.807, 2.05) is 0 Å². The summed E-state index contributed by atoms with van der Waals surface area (Å²) >= 11 is 0. The van der Waals surface area contributed by atoms with E-state index >= 15 is 0 Å². The number of phenolic OH excluding ortho intramolecular Hbond substituents is 1. The van der Waals surface area contributed by atoms with Gasteiger partial charge in [-0.2, -0.15) is 8.42 Å². The van der Waals surface area contributed by atoms with Crippen LogP contribution in [0.2, 0.25) is 0 Å². The number of hydrogen-bond acceptors (Lipinski definition) is 7. The van der Waals surface area contributed by atoms with Crippen LogP contribution < -0.4 is 0 Å². The summed E-state index contributed by atoms with van der Waals surface area (Å²) in [5.41, 5.74) is -0.529. The summed E-state index contributed by atoms with van der Waals surface area (Å²) in [6, 6.07) is 12.7. The molecule has 3 rings (SSSR count). The fourth-order valence-electron chi connectivity index (χ4n) is 2.36. The summed E-state index contributed by atoms with van der Waals surface area (Å²) in [5.74, 6) is -0.489. The Bertz CT molecular complexity index is 1160. The lowest BCUT2D eigenvalue weighted by molar-refractivity contribution is -0.384. The zero-order valence-electron chi connectivity index (χ0n) is 13.0. The SMILES string of the molecule is O=[N+]([O-])c1ccc(N=Nc2c(S(=O)(=O)O)ccc3ccccc23)c(O)c1. The molecule has 0 aliphatic heterocycles. The van der Waals surface area contributed by atoms with Crippen LogP contribution in [0.5, 0.6) is 5.75 Å². The maximum absolute atomic E-state index is 11.6. The second-order valence-electron chi connectivity index (χ2n) is 5.24. The van der Waals surface area contributed by atoms with E-state index in [0.717, 1.165) is 12.1 Å². The summed E-state index contributed by atoms with van der Waals surface area (Å²) in [7, 11) is -4.56. The highest BCUT2D eigenvalue weighted by atomic mass is 32.2. The van der Waals surface area contributed by atoms with Crippen molar-refractivity contribution >= 4 is 38.0 Å². The zero-order chi connectivity index (χ0) is 18.9. The second-order valence-corrected chi connectivity index (χ2v) is 6.63. The normalized spacial score (nSPS) is 11.9. The van der Waals surface area contributed by atoms with Crippen LogP contribution in [-0.2, 0) is 10.1 Å². The second kappa shape index (κ2) is 6.50. The molecule has 26 heavy (non-hydrogen) atoms. The Balaban J connectivity index is 2.16. The Hall–Kier alpha value is -3.37. The first kappa shape index (κ1) is 17.5. The minimum Gasteiger partial charge on any atom is -0.505 e. The highest BCUT2D eigenvalue weighted by Gasteiger charge is 2.18. The number of fused-ring (bicyclic) bond motifs is 1. The molecule has 0 aliphatic rings. The van der Waals surface area contributed by atoms with Crippen molar-refractivity contribution in [3.05, 3.63) is 64.7 Å². The summed E-state index contributed by atoms with van der Waals surface area (Å²) in [4.78, 5) is 9.57. The summed E-state index contributed by atoms with van der Waals surface area (Å²) in [6.07, 6.45) is 0. The van der Waals surface area contributed by atoms with Gasteiger partial charge in [-0.1, -0.05) is 30.3 Å². The van der Waals surface area contributed by atoms with Gasteiger partial charge in [0.25, 0.3) is 15.8 Å². The molecule has 0 saturated carbocycles. The van der Waals surface area contributed by atoms with Crippen molar-refractivity contribution in [1.82, 2.24) is 0 Å². The Morgan fingerprint density at radius 3 is 2.38 bits per heavy atom. The first-order chi connectivity index (χ1) is 12.3. The summed E-state index contributed by atoms with van der Waals surface area (Å²) in [5, 5.41) is 29.3. The van der Waals surface area contributed by atoms with Gasteiger partial charge >= 0.3 is 0 Å². The van der Waals surface area contributed by atoms with Gasteiger partial charge in [0.05, 0.1) is 11.0 Å². The molecular weight excluding hydrogens is 362 g/mol. The van der Waals surface area contributed by atoms with Crippen molar-refractivity contribution in [2.45, 2.75) is 4.90 Å². The lowest BCUT2D eigenvalue weighted by Crippen LogP contribution is -1.98. The van der Waals surface area contributed by atoms with E-state index in [9.17, 15) is 28.2 Å². The number of non-ortho nitro benzene ring substituents is 1. The Morgan fingerprint density at radius 1 is 1.00 bits per heavy atom. The van der Waals surface area contributed by atoms with Gasteiger partial charge in [0.15, 0.2) is 0 Å². The van der Waals surface area contributed by atoms with Crippen molar-refractivity contribution in [2.24, 2.45) is 10.2 Å². The molecule has 0 amide bonds. The van der Waals surface area contributed by atoms with Crippen LogP contribution in [0.1, 0.15) is 0 Å². The summed E-state index contributed by atoms with van der Waals surface area (Å²) < 4.78 is 32.7. The quantitative estimate of drug-likeness (QED) is 0.305. The van der Waals surface area contributed by atoms with Crippen LogP contribution >= 0.6 is 0 Å². The molecule has 0 bridgehead atoms. The molecule has 0 radical (unpaired) electrons. The highest BCUT2D eigenvalue weighted by Crippen LogP contribution is 2.36. The van der Waals surface area contributed by atoms with Crippen molar-refractivity contribution < 1.29 is 23.0 Å². The Morgan fingerprint density at radius 2 is 1.73 bits per heavy atom. The Labute approximate surface area is 147 Å². The zero-order valence-corrected chi connectivity index (χ0v) is 13.8. The van der Waals surface area contributed by atoms with Gasteiger partial charge in [-0.25, -0.2) is 0 Å². The largest absolute Gasteiger partial charge is 0.505 e. The van der Waals surface area contributed by atoms with E-state index in [2.05, 4.69) is 10.2 Å². The average molecular weight is 373 g/mol. The van der Waals surface area contributed by atoms with Crippen molar-refractivity contribution in [1.29, 1.82) is 0 Å². The van der Waals surface area contributed by atoms with Crippen LogP contribution in [0, 0.1) is 10.1 Å². The highest BCUT2D eigenvalue weighted by molar-refractivity contribution is 7.86. The number of nitro groups is 1. The number of hydrogen-bond donors (Lipinski definition) is 2. The van der Waals surface area contributed by atoms with Crippen LogP contribution in [0.4, 0.5) is 17.1 Å². The minimum atomic E-state index is -4.56. The van der Waals surface area contributed by atoms with Gasteiger partial charge in [-0.15, -0.1) is 10.2 Å². The van der Waals surface area contributed by atoms with E-state index in [1.165, 1.54) is 18.2 Å². The van der Waals surface area contributed by atoms with E-state index in [1.54, 1.807) is 24.3 Å². The third-order valence-corrected chi connectivity index (χ3v) is 4.45. The molecule has 3 aromatic carbocycles. The third kappa shape index (κ3) is 3.36. The van der Waals surface area contributed by atoms with E-state index in [0.29, 0.717) is 10.8 Å². The number of nitrogens with zero attached hydrogens (tertiary/aromatic N) is 3. The van der Waals surface area contributed by atoms with Gasteiger partial charge < -0.3 is 5.11 Å². The monoisotopic (exact) mass is 373 g/mol. The van der Waals surface area contributed by atoms with Crippen LogP contribution in [0.15, 0.2) is 69.7 Å². The maximum atomic E-state index is 11.6. The van der Waals surface area contributed by atoms with E-state index < -0.39 is 25.7 Å². The van der Waals surface area contributed by atoms with Gasteiger partial charge in [-0.05, 0) is 17.5 Å². The molecule has 0 heterocycles. The third-order valence-electron chi connectivity index (χ3n) is 3.57. The fraction of sp³-hybridized carbons (Fsp3) is 0. The number of azo groups is 1. The van der Waals surface area contributed by atoms with E-state index in [-0.39, 0.29) is 17.1 Å². The molecular formula is C16H11N3O6S. The smallest absolute Gasteiger partial charge is 0.296 e. The predicted octanol–water partition coefficient (Wildman–Crippen LogP) is 4.12. The van der Waals surface area contributed by atoms with Crippen molar-refractivity contribution in [2.75, 3.05) is 0 Å². The molecule has 0 spiro atoms. The number of rotatable bonds is 4. The van der Waals surface area contributed by atoms with Gasteiger partial charge in [0.1, 0.15) is 22.0 Å². The molecule has 2 N–H and O–H groups in total. The molecule has 0 aromatic heterocycles. The number of benzene rings is 3. The molecule has 0 fully saturated rings. The molecule has 0 saturated heterocycles. The predicted molar refractivity (Wildman–Crippen MR) is 92.7 cm³/mol. The molecule has 0 aliphatic carbocycles. The molecule has 10 heteroatoms. The molecule has 3 aromatic rings. The molecule has 0 unspecified atom stereocenters. The first-order valence-corrected chi connectivity index (χ1v) is 8.60.